The van der Waals surface area contributed by atoms with Crippen molar-refractivity contribution >= 4 is 5.70 Å². The van der Waals surface area contributed by atoms with Gasteiger partial charge in [0.15, 0.2) is 0 Å². The molecule has 1 aliphatic rings. The van der Waals surface area contributed by atoms with Crippen LogP contribution in [0.1, 0.15) is 17.2 Å². The largest absolute Gasteiger partial charge is 0.176 e. The van der Waals surface area contributed by atoms with E-state index >= 15 is 0 Å². The van der Waals surface area contributed by atoms with Crippen molar-refractivity contribution < 1.29 is 0 Å². The second kappa shape index (κ2) is 4.34. The third-order valence-electron chi connectivity index (χ3n) is 2.82. The predicted octanol–water partition coefficient (Wildman–Crippen LogP) is 4.23. The van der Waals surface area contributed by atoms with Crippen molar-refractivity contribution in [1.29, 1.82) is 0 Å². The zero-order valence-corrected chi connectivity index (χ0v) is 9.32. The summed E-state index contributed by atoms with van der Waals surface area (Å²) in [6.45, 7) is 0. The number of nitrogens with zero attached hydrogens (tertiary/aromatic N) is 2. The SMILES string of the molecule is C1=C(c2ccccc2)N=NC1c1ccccc1. The maximum absolute atomic E-state index is 4.30. The van der Waals surface area contributed by atoms with Gasteiger partial charge in [0.2, 0.25) is 0 Å². The first-order valence-electron chi connectivity index (χ1n) is 5.66. The summed E-state index contributed by atoms with van der Waals surface area (Å²) in [5, 5.41) is 8.55. The van der Waals surface area contributed by atoms with E-state index in [1.807, 2.05) is 36.4 Å². The van der Waals surface area contributed by atoms with Crippen molar-refractivity contribution in [1.82, 2.24) is 0 Å². The van der Waals surface area contributed by atoms with E-state index in [0.29, 0.717) is 0 Å². The Balaban J connectivity index is 1.91. The van der Waals surface area contributed by atoms with Crippen LogP contribution >= 0.6 is 0 Å². The Morgan fingerprint density at radius 1 is 0.765 bits per heavy atom. The number of hydrogen-bond acceptors (Lipinski definition) is 2. The molecule has 2 aromatic rings. The molecule has 0 amide bonds. The van der Waals surface area contributed by atoms with Gasteiger partial charge in [0, 0.05) is 5.56 Å². The van der Waals surface area contributed by atoms with Crippen LogP contribution in [0.25, 0.3) is 5.70 Å². The predicted molar refractivity (Wildman–Crippen MR) is 68.5 cm³/mol. The van der Waals surface area contributed by atoms with Crippen molar-refractivity contribution in [3.8, 4) is 0 Å². The Kier molecular flexibility index (Phi) is 2.54. The minimum absolute atomic E-state index is 0.0615. The normalized spacial score (nSPS) is 18.1. The van der Waals surface area contributed by atoms with Crippen molar-refractivity contribution in [2.45, 2.75) is 6.04 Å². The van der Waals surface area contributed by atoms with Gasteiger partial charge in [-0.05, 0) is 11.6 Å². The lowest BCUT2D eigenvalue weighted by Gasteiger charge is -2.01. The lowest BCUT2D eigenvalue weighted by atomic mass is 10.1. The van der Waals surface area contributed by atoms with Crippen molar-refractivity contribution in [2.24, 2.45) is 10.2 Å². The molecule has 1 aliphatic heterocycles. The molecule has 0 fully saturated rings. The molecular weight excluding hydrogens is 208 g/mol. The molecule has 2 heteroatoms. The number of azo groups is 1. The van der Waals surface area contributed by atoms with E-state index in [9.17, 15) is 0 Å². The first-order valence-corrected chi connectivity index (χ1v) is 5.66. The summed E-state index contributed by atoms with van der Waals surface area (Å²) in [7, 11) is 0. The Bertz CT molecular complexity index is 556. The van der Waals surface area contributed by atoms with Crippen molar-refractivity contribution in [3.05, 3.63) is 77.9 Å². The van der Waals surface area contributed by atoms with Crippen LogP contribution in [-0.2, 0) is 0 Å². The van der Waals surface area contributed by atoms with Crippen LogP contribution in [-0.4, -0.2) is 0 Å². The maximum Gasteiger partial charge on any atom is 0.117 e. The maximum atomic E-state index is 4.30. The molecule has 3 rings (SSSR count). The average molecular weight is 220 g/mol. The minimum atomic E-state index is 0.0615. The third kappa shape index (κ3) is 2.02. The van der Waals surface area contributed by atoms with Gasteiger partial charge < -0.3 is 0 Å². The first-order chi connectivity index (χ1) is 8.43. The fraction of sp³-hybridized carbons (Fsp3) is 0.0667. The van der Waals surface area contributed by atoms with E-state index < -0.39 is 0 Å². The highest BCUT2D eigenvalue weighted by molar-refractivity contribution is 5.66. The summed E-state index contributed by atoms with van der Waals surface area (Å²) in [5.41, 5.74) is 3.26. The number of rotatable bonds is 2. The molecule has 0 bridgehead atoms. The van der Waals surface area contributed by atoms with Gasteiger partial charge in [0.1, 0.15) is 6.04 Å². The fourth-order valence-electron chi connectivity index (χ4n) is 1.92. The standard InChI is InChI=1S/C15H12N2/c1-3-7-12(8-4-1)14-11-15(17-16-14)13-9-5-2-6-10-13/h1-11,14H. The smallest absolute Gasteiger partial charge is 0.117 e. The molecule has 82 valence electrons. The highest BCUT2D eigenvalue weighted by Gasteiger charge is 2.15. The van der Waals surface area contributed by atoms with Crippen LogP contribution in [0.5, 0.6) is 0 Å². The zero-order chi connectivity index (χ0) is 11.5. The summed E-state index contributed by atoms with van der Waals surface area (Å²) in [6.07, 6.45) is 2.10. The number of hydrogen-bond donors (Lipinski definition) is 0. The fourth-order valence-corrected chi connectivity index (χ4v) is 1.92. The molecule has 1 atom stereocenters. The van der Waals surface area contributed by atoms with Crippen LogP contribution in [0.3, 0.4) is 0 Å². The van der Waals surface area contributed by atoms with Crippen LogP contribution in [0.2, 0.25) is 0 Å². The van der Waals surface area contributed by atoms with E-state index in [2.05, 4.69) is 40.6 Å². The average Bonchev–Trinajstić information content (AvgIpc) is 2.90. The Hall–Kier alpha value is -2.22. The third-order valence-corrected chi connectivity index (χ3v) is 2.82. The molecule has 17 heavy (non-hydrogen) atoms. The van der Waals surface area contributed by atoms with Crippen LogP contribution < -0.4 is 0 Å². The quantitative estimate of drug-likeness (QED) is 0.723. The summed E-state index contributed by atoms with van der Waals surface area (Å²) in [5.74, 6) is 0. The lowest BCUT2D eigenvalue weighted by molar-refractivity contribution is 0.881. The molecule has 2 nitrogen and oxygen atoms in total. The minimum Gasteiger partial charge on any atom is -0.176 e. The van der Waals surface area contributed by atoms with Gasteiger partial charge in [-0.2, -0.15) is 10.2 Å². The summed E-state index contributed by atoms with van der Waals surface area (Å²) < 4.78 is 0. The van der Waals surface area contributed by atoms with Gasteiger partial charge in [0.25, 0.3) is 0 Å². The molecule has 0 saturated carbocycles. The highest BCUT2D eigenvalue weighted by atomic mass is 15.2. The van der Waals surface area contributed by atoms with Crippen molar-refractivity contribution in [2.75, 3.05) is 0 Å². The number of benzene rings is 2. The summed E-state index contributed by atoms with van der Waals surface area (Å²) >= 11 is 0. The second-order valence-corrected chi connectivity index (χ2v) is 3.99. The molecule has 0 spiro atoms. The van der Waals surface area contributed by atoms with E-state index in [4.69, 9.17) is 0 Å². The van der Waals surface area contributed by atoms with Gasteiger partial charge in [-0.15, -0.1) is 0 Å². The lowest BCUT2D eigenvalue weighted by Crippen LogP contribution is -1.87. The Morgan fingerprint density at radius 2 is 1.41 bits per heavy atom. The molecule has 0 aliphatic carbocycles. The van der Waals surface area contributed by atoms with Gasteiger partial charge >= 0.3 is 0 Å². The van der Waals surface area contributed by atoms with E-state index in [0.717, 1.165) is 11.3 Å². The van der Waals surface area contributed by atoms with Gasteiger partial charge in [-0.25, -0.2) is 0 Å². The van der Waals surface area contributed by atoms with E-state index in [1.165, 1.54) is 5.56 Å². The molecule has 0 N–H and O–H groups in total. The topological polar surface area (TPSA) is 24.7 Å². The van der Waals surface area contributed by atoms with Gasteiger partial charge in [-0.3, -0.25) is 0 Å². The second-order valence-electron chi connectivity index (χ2n) is 3.99. The van der Waals surface area contributed by atoms with E-state index in [1.54, 1.807) is 0 Å². The van der Waals surface area contributed by atoms with Crippen molar-refractivity contribution in [3.63, 3.8) is 0 Å². The summed E-state index contributed by atoms with van der Waals surface area (Å²) in [4.78, 5) is 0. The van der Waals surface area contributed by atoms with Gasteiger partial charge in [0.05, 0.1) is 5.70 Å². The van der Waals surface area contributed by atoms with Crippen LogP contribution in [0, 0.1) is 0 Å². The molecule has 0 radical (unpaired) electrons. The summed E-state index contributed by atoms with van der Waals surface area (Å²) in [6, 6.07) is 20.4. The molecule has 1 heterocycles. The molecule has 0 aromatic heterocycles. The van der Waals surface area contributed by atoms with Crippen LogP contribution in [0.4, 0.5) is 0 Å². The monoisotopic (exact) mass is 220 g/mol. The molecular formula is C15H12N2. The van der Waals surface area contributed by atoms with Crippen LogP contribution in [0.15, 0.2) is 77.0 Å². The molecule has 0 saturated heterocycles. The zero-order valence-electron chi connectivity index (χ0n) is 9.32. The Labute approximate surface area is 100 Å². The highest BCUT2D eigenvalue weighted by Crippen LogP contribution is 2.31. The molecule has 1 unspecified atom stereocenters. The van der Waals surface area contributed by atoms with E-state index in [-0.39, 0.29) is 6.04 Å². The first kappa shape index (κ1) is 9.97. The molecule has 2 aromatic carbocycles. The van der Waals surface area contributed by atoms with Gasteiger partial charge in [-0.1, -0.05) is 60.7 Å². The Morgan fingerprint density at radius 3 is 2.12 bits per heavy atom.